The van der Waals surface area contributed by atoms with Crippen LogP contribution in [0.25, 0.3) is 0 Å². The molecular formula is C21H27N5O. The smallest absolute Gasteiger partial charge is 0.292 e. The normalized spacial score (nSPS) is 19.3. The van der Waals surface area contributed by atoms with Gasteiger partial charge in [0.05, 0.1) is 0 Å². The predicted octanol–water partition coefficient (Wildman–Crippen LogP) is 2.14. The quantitative estimate of drug-likeness (QED) is 0.882. The highest BCUT2D eigenvalue weighted by molar-refractivity contribution is 5.91. The van der Waals surface area contributed by atoms with Crippen LogP contribution in [0, 0.1) is 20.8 Å². The highest BCUT2D eigenvalue weighted by Gasteiger charge is 2.27. The molecule has 27 heavy (non-hydrogen) atoms. The van der Waals surface area contributed by atoms with Gasteiger partial charge in [-0.25, -0.2) is 9.97 Å². The van der Waals surface area contributed by atoms with Gasteiger partial charge in [0.1, 0.15) is 5.82 Å². The molecule has 0 saturated carbocycles. The lowest BCUT2D eigenvalue weighted by atomic mass is 9.98. The Kier molecular flexibility index (Phi) is 4.60. The number of benzene rings is 1. The second-order valence-corrected chi connectivity index (χ2v) is 7.82. The average Bonchev–Trinajstić information content (AvgIpc) is 3.08. The molecule has 4 rings (SSSR count). The van der Waals surface area contributed by atoms with Crippen LogP contribution in [-0.2, 0) is 13.0 Å². The Morgan fingerprint density at radius 1 is 1.15 bits per heavy atom. The van der Waals surface area contributed by atoms with Crippen molar-refractivity contribution in [2.24, 2.45) is 5.73 Å². The highest BCUT2D eigenvalue weighted by Crippen LogP contribution is 2.25. The second kappa shape index (κ2) is 6.93. The Morgan fingerprint density at radius 2 is 1.96 bits per heavy atom. The number of hydrogen-bond acceptors (Lipinski definition) is 5. The number of aromatic nitrogens is 2. The van der Waals surface area contributed by atoms with Crippen LogP contribution in [0.5, 0.6) is 0 Å². The number of hydrogen-bond donors (Lipinski definition) is 1. The molecule has 6 heteroatoms. The van der Waals surface area contributed by atoms with Crippen LogP contribution in [-0.4, -0.2) is 46.5 Å². The molecule has 2 aliphatic heterocycles. The van der Waals surface area contributed by atoms with E-state index in [0.717, 1.165) is 43.0 Å². The van der Waals surface area contributed by atoms with E-state index in [1.807, 2.05) is 18.7 Å². The van der Waals surface area contributed by atoms with Gasteiger partial charge in [0.25, 0.3) is 5.91 Å². The van der Waals surface area contributed by atoms with Crippen molar-refractivity contribution >= 4 is 11.7 Å². The van der Waals surface area contributed by atoms with E-state index in [1.54, 1.807) is 0 Å². The fourth-order valence-corrected chi connectivity index (χ4v) is 4.00. The van der Waals surface area contributed by atoms with Crippen molar-refractivity contribution in [3.8, 4) is 0 Å². The number of fused-ring (bicyclic) bond motifs is 1. The Balaban J connectivity index is 1.61. The van der Waals surface area contributed by atoms with Crippen molar-refractivity contribution in [1.82, 2.24) is 14.9 Å². The summed E-state index contributed by atoms with van der Waals surface area (Å²) < 4.78 is 0. The number of nitrogens with zero attached hydrogens (tertiary/aromatic N) is 4. The zero-order valence-corrected chi connectivity index (χ0v) is 16.3. The lowest BCUT2D eigenvalue weighted by molar-refractivity contribution is 0.0722. The van der Waals surface area contributed by atoms with Gasteiger partial charge in [-0.2, -0.15) is 0 Å². The molecule has 1 amide bonds. The number of rotatable bonds is 2. The molecule has 1 aromatic carbocycles. The SMILES string of the molecule is Cc1ccc2c(c1)CN(C(=O)c1nc(C)c(C)c(N3CC[C@@H](N)C3)n1)CC2. The summed E-state index contributed by atoms with van der Waals surface area (Å²) in [6.07, 6.45) is 1.83. The molecule has 2 aliphatic rings. The van der Waals surface area contributed by atoms with Crippen LogP contribution < -0.4 is 10.6 Å². The van der Waals surface area contributed by atoms with Gasteiger partial charge in [0.2, 0.25) is 5.82 Å². The molecule has 2 N–H and O–H groups in total. The van der Waals surface area contributed by atoms with Gasteiger partial charge in [-0.3, -0.25) is 4.79 Å². The largest absolute Gasteiger partial charge is 0.355 e. The number of carbonyl (C=O) groups is 1. The monoisotopic (exact) mass is 365 g/mol. The van der Waals surface area contributed by atoms with E-state index < -0.39 is 0 Å². The van der Waals surface area contributed by atoms with E-state index in [4.69, 9.17) is 5.73 Å². The Labute approximate surface area is 160 Å². The lowest BCUT2D eigenvalue weighted by Crippen LogP contribution is -2.37. The molecule has 1 saturated heterocycles. The molecular weight excluding hydrogens is 338 g/mol. The third kappa shape index (κ3) is 3.41. The fourth-order valence-electron chi connectivity index (χ4n) is 4.00. The van der Waals surface area contributed by atoms with Crippen molar-refractivity contribution in [3.63, 3.8) is 0 Å². The molecule has 3 heterocycles. The summed E-state index contributed by atoms with van der Waals surface area (Å²) in [7, 11) is 0. The minimum atomic E-state index is -0.0880. The van der Waals surface area contributed by atoms with Gasteiger partial charge >= 0.3 is 0 Å². The number of aryl methyl sites for hydroxylation is 2. The van der Waals surface area contributed by atoms with Crippen LogP contribution in [0.3, 0.4) is 0 Å². The molecule has 1 fully saturated rings. The summed E-state index contributed by atoms with van der Waals surface area (Å²) in [5.41, 5.74) is 11.7. The van der Waals surface area contributed by atoms with Gasteiger partial charge in [-0.15, -0.1) is 0 Å². The highest BCUT2D eigenvalue weighted by atomic mass is 16.2. The lowest BCUT2D eigenvalue weighted by Gasteiger charge is -2.29. The average molecular weight is 365 g/mol. The number of amides is 1. The summed E-state index contributed by atoms with van der Waals surface area (Å²) >= 11 is 0. The Bertz CT molecular complexity index is 894. The fraction of sp³-hybridized carbons (Fsp3) is 0.476. The first kappa shape index (κ1) is 17.9. The number of carbonyl (C=O) groups excluding carboxylic acids is 1. The molecule has 1 aromatic heterocycles. The molecule has 0 bridgehead atoms. The Morgan fingerprint density at radius 3 is 2.70 bits per heavy atom. The summed E-state index contributed by atoms with van der Waals surface area (Å²) in [4.78, 5) is 26.4. The van der Waals surface area contributed by atoms with E-state index >= 15 is 0 Å². The van der Waals surface area contributed by atoms with E-state index in [1.165, 1.54) is 16.7 Å². The molecule has 6 nitrogen and oxygen atoms in total. The maximum absolute atomic E-state index is 13.1. The first-order valence-electron chi connectivity index (χ1n) is 9.66. The van der Waals surface area contributed by atoms with Crippen LogP contribution in [0.4, 0.5) is 5.82 Å². The predicted molar refractivity (Wildman–Crippen MR) is 106 cm³/mol. The zero-order chi connectivity index (χ0) is 19.1. The summed E-state index contributed by atoms with van der Waals surface area (Å²) in [6, 6.07) is 6.65. The third-order valence-electron chi connectivity index (χ3n) is 5.74. The Hall–Kier alpha value is -2.47. The molecule has 0 aliphatic carbocycles. The van der Waals surface area contributed by atoms with Gasteiger partial charge in [-0.05, 0) is 44.7 Å². The van der Waals surface area contributed by atoms with E-state index in [-0.39, 0.29) is 11.9 Å². The van der Waals surface area contributed by atoms with Crippen LogP contribution in [0.2, 0.25) is 0 Å². The van der Waals surface area contributed by atoms with Crippen molar-refractivity contribution in [1.29, 1.82) is 0 Å². The minimum absolute atomic E-state index is 0.0880. The van der Waals surface area contributed by atoms with Gasteiger partial charge < -0.3 is 15.5 Å². The first-order valence-corrected chi connectivity index (χ1v) is 9.66. The maximum atomic E-state index is 13.1. The van der Waals surface area contributed by atoms with Crippen LogP contribution in [0.15, 0.2) is 18.2 Å². The molecule has 2 aromatic rings. The molecule has 0 radical (unpaired) electrons. The summed E-state index contributed by atoms with van der Waals surface area (Å²) in [6.45, 7) is 9.03. The summed E-state index contributed by atoms with van der Waals surface area (Å²) in [5, 5.41) is 0. The molecule has 1 atom stereocenters. The second-order valence-electron chi connectivity index (χ2n) is 7.82. The van der Waals surface area contributed by atoms with Crippen molar-refractivity contribution in [3.05, 3.63) is 52.0 Å². The van der Waals surface area contributed by atoms with E-state index in [9.17, 15) is 4.79 Å². The standard InChI is InChI=1S/C21H27N5O/c1-13-4-5-16-6-8-26(11-17(16)10-13)21(27)19-23-15(3)14(2)20(24-19)25-9-7-18(22)12-25/h4-5,10,18H,6-9,11-12,22H2,1-3H3/t18-/m1/s1. The minimum Gasteiger partial charge on any atom is -0.355 e. The molecule has 0 spiro atoms. The first-order chi connectivity index (χ1) is 12.9. The van der Waals surface area contributed by atoms with Gasteiger partial charge in [-0.1, -0.05) is 23.8 Å². The van der Waals surface area contributed by atoms with Crippen molar-refractivity contribution < 1.29 is 4.79 Å². The number of anilines is 1. The van der Waals surface area contributed by atoms with Crippen LogP contribution in [0.1, 0.15) is 45.0 Å². The van der Waals surface area contributed by atoms with Crippen molar-refractivity contribution in [2.75, 3.05) is 24.5 Å². The summed E-state index contributed by atoms with van der Waals surface area (Å²) in [5.74, 6) is 1.06. The van der Waals surface area contributed by atoms with Crippen LogP contribution >= 0.6 is 0 Å². The third-order valence-corrected chi connectivity index (χ3v) is 5.74. The molecule has 0 unspecified atom stereocenters. The van der Waals surface area contributed by atoms with Gasteiger partial charge in [0, 0.05) is 43.5 Å². The topological polar surface area (TPSA) is 75.4 Å². The zero-order valence-electron chi connectivity index (χ0n) is 16.3. The van der Waals surface area contributed by atoms with Gasteiger partial charge in [0.15, 0.2) is 0 Å². The maximum Gasteiger partial charge on any atom is 0.292 e. The van der Waals surface area contributed by atoms with E-state index in [0.29, 0.717) is 18.9 Å². The molecule has 142 valence electrons. The van der Waals surface area contributed by atoms with E-state index in [2.05, 4.69) is 40.0 Å². The van der Waals surface area contributed by atoms with Crippen molar-refractivity contribution in [2.45, 2.75) is 46.2 Å². The number of nitrogens with two attached hydrogens (primary N) is 1.